The summed E-state index contributed by atoms with van der Waals surface area (Å²) in [6, 6.07) is 21.0. The molecule has 0 saturated carbocycles. The van der Waals surface area contributed by atoms with Crippen LogP contribution in [-0.2, 0) is 15.0 Å². The number of imide groups is 1. The predicted octanol–water partition coefficient (Wildman–Crippen LogP) is 6.40. The SMILES string of the molecule is CCOc1cccc(N2C(=O)C(Nc3ccc(C(C)(C)C)cc3)=C(c3ccc(C)cc3C)C2=O)c1. The Morgan fingerprint density at radius 1 is 0.886 bits per heavy atom. The minimum Gasteiger partial charge on any atom is -0.494 e. The second-order valence-corrected chi connectivity index (χ2v) is 9.90. The number of hydrogen-bond acceptors (Lipinski definition) is 4. The van der Waals surface area contributed by atoms with Crippen LogP contribution in [0.15, 0.2) is 72.4 Å². The van der Waals surface area contributed by atoms with Crippen LogP contribution in [0.5, 0.6) is 5.75 Å². The first-order chi connectivity index (χ1) is 16.6. The van der Waals surface area contributed by atoms with Crippen LogP contribution in [0.1, 0.15) is 49.9 Å². The number of hydrogen-bond donors (Lipinski definition) is 1. The average molecular weight is 469 g/mol. The average Bonchev–Trinajstić information content (AvgIpc) is 3.03. The molecule has 1 aliphatic rings. The van der Waals surface area contributed by atoms with Crippen molar-refractivity contribution >= 4 is 28.8 Å². The summed E-state index contributed by atoms with van der Waals surface area (Å²) in [5.74, 6) is -0.138. The van der Waals surface area contributed by atoms with E-state index in [0.717, 1.165) is 22.4 Å². The molecule has 4 rings (SSSR count). The summed E-state index contributed by atoms with van der Waals surface area (Å²) in [5.41, 5.74) is 5.85. The van der Waals surface area contributed by atoms with E-state index in [9.17, 15) is 9.59 Å². The molecule has 0 aliphatic carbocycles. The van der Waals surface area contributed by atoms with Gasteiger partial charge in [0.1, 0.15) is 11.4 Å². The summed E-state index contributed by atoms with van der Waals surface area (Å²) in [6.07, 6.45) is 0. The Balaban J connectivity index is 1.80. The van der Waals surface area contributed by atoms with Crippen molar-refractivity contribution in [1.29, 1.82) is 0 Å². The van der Waals surface area contributed by atoms with Gasteiger partial charge in [0.15, 0.2) is 0 Å². The summed E-state index contributed by atoms with van der Waals surface area (Å²) in [7, 11) is 0. The van der Waals surface area contributed by atoms with Crippen molar-refractivity contribution in [3.05, 3.63) is 94.7 Å². The topological polar surface area (TPSA) is 58.6 Å². The van der Waals surface area contributed by atoms with Gasteiger partial charge in [-0.15, -0.1) is 0 Å². The lowest BCUT2D eigenvalue weighted by atomic mass is 9.87. The molecule has 0 atom stereocenters. The van der Waals surface area contributed by atoms with E-state index < -0.39 is 5.91 Å². The van der Waals surface area contributed by atoms with Gasteiger partial charge < -0.3 is 10.1 Å². The number of anilines is 2. The number of amides is 2. The molecule has 0 spiro atoms. The maximum Gasteiger partial charge on any atom is 0.282 e. The molecule has 0 bridgehead atoms. The monoisotopic (exact) mass is 468 g/mol. The van der Waals surface area contributed by atoms with Crippen molar-refractivity contribution < 1.29 is 14.3 Å². The van der Waals surface area contributed by atoms with E-state index in [2.05, 4.69) is 26.1 Å². The minimum absolute atomic E-state index is 0.0173. The highest BCUT2D eigenvalue weighted by Gasteiger charge is 2.41. The van der Waals surface area contributed by atoms with Crippen LogP contribution in [0.4, 0.5) is 11.4 Å². The Morgan fingerprint density at radius 2 is 1.60 bits per heavy atom. The van der Waals surface area contributed by atoms with Crippen molar-refractivity contribution in [2.75, 3.05) is 16.8 Å². The maximum atomic E-state index is 13.8. The molecule has 180 valence electrons. The van der Waals surface area contributed by atoms with Gasteiger partial charge in [0.2, 0.25) is 0 Å². The van der Waals surface area contributed by atoms with E-state index in [1.165, 1.54) is 10.5 Å². The van der Waals surface area contributed by atoms with Crippen molar-refractivity contribution in [1.82, 2.24) is 0 Å². The Bertz CT molecular complexity index is 1310. The zero-order valence-corrected chi connectivity index (χ0v) is 21.2. The molecular formula is C30H32N2O3. The Kier molecular flexibility index (Phi) is 6.53. The smallest absolute Gasteiger partial charge is 0.282 e. The van der Waals surface area contributed by atoms with Gasteiger partial charge in [0.25, 0.3) is 11.8 Å². The summed E-state index contributed by atoms with van der Waals surface area (Å²) >= 11 is 0. The highest BCUT2D eigenvalue weighted by molar-refractivity contribution is 6.46. The molecular weight excluding hydrogens is 436 g/mol. The number of benzene rings is 3. The Hall–Kier alpha value is -3.86. The fourth-order valence-electron chi connectivity index (χ4n) is 4.30. The highest BCUT2D eigenvalue weighted by Crippen LogP contribution is 2.36. The third-order valence-corrected chi connectivity index (χ3v) is 6.14. The molecule has 2 amide bonds. The molecule has 5 nitrogen and oxygen atoms in total. The minimum atomic E-state index is -0.390. The van der Waals surface area contributed by atoms with E-state index >= 15 is 0 Å². The van der Waals surface area contributed by atoms with Crippen molar-refractivity contribution in [3.8, 4) is 5.75 Å². The molecule has 3 aromatic carbocycles. The lowest BCUT2D eigenvalue weighted by Gasteiger charge is -2.19. The summed E-state index contributed by atoms with van der Waals surface area (Å²) in [6.45, 7) is 12.8. The maximum absolute atomic E-state index is 13.8. The van der Waals surface area contributed by atoms with E-state index in [1.807, 2.05) is 69.3 Å². The molecule has 0 fully saturated rings. The van der Waals surface area contributed by atoms with Crippen LogP contribution in [0.3, 0.4) is 0 Å². The molecule has 1 heterocycles. The van der Waals surface area contributed by atoms with E-state index in [0.29, 0.717) is 23.6 Å². The van der Waals surface area contributed by atoms with Crippen molar-refractivity contribution in [2.45, 2.75) is 47.0 Å². The fraction of sp³-hybridized carbons (Fsp3) is 0.267. The molecule has 0 saturated heterocycles. The first kappa shape index (κ1) is 24.3. The zero-order valence-electron chi connectivity index (χ0n) is 21.2. The third kappa shape index (κ3) is 4.85. The molecule has 35 heavy (non-hydrogen) atoms. The summed E-state index contributed by atoms with van der Waals surface area (Å²) in [5, 5.41) is 3.27. The Morgan fingerprint density at radius 3 is 2.23 bits per heavy atom. The first-order valence-electron chi connectivity index (χ1n) is 11.9. The molecule has 0 radical (unpaired) electrons. The van der Waals surface area contributed by atoms with Gasteiger partial charge >= 0.3 is 0 Å². The molecule has 0 aromatic heterocycles. The standard InChI is InChI=1S/C30H32N2O3/c1-7-35-24-10-8-9-23(18-24)32-28(33)26(25-16-11-19(2)17-20(25)3)27(29(32)34)31-22-14-12-21(13-15-22)30(4,5)6/h8-18,31H,7H2,1-6H3. The van der Waals surface area contributed by atoms with E-state index in [1.54, 1.807) is 18.2 Å². The quantitative estimate of drug-likeness (QED) is 0.426. The number of carbonyl (C=O) groups excluding carboxylic acids is 2. The fourth-order valence-corrected chi connectivity index (χ4v) is 4.30. The van der Waals surface area contributed by atoms with E-state index in [4.69, 9.17) is 4.74 Å². The number of rotatable bonds is 6. The van der Waals surface area contributed by atoms with Crippen LogP contribution in [0, 0.1) is 13.8 Å². The van der Waals surface area contributed by atoms with Gasteiger partial charge in [-0.1, -0.05) is 62.7 Å². The van der Waals surface area contributed by atoms with Gasteiger partial charge in [-0.05, 0) is 67.1 Å². The van der Waals surface area contributed by atoms with Crippen LogP contribution >= 0.6 is 0 Å². The van der Waals surface area contributed by atoms with Gasteiger partial charge in [0, 0.05) is 11.8 Å². The van der Waals surface area contributed by atoms with Crippen molar-refractivity contribution in [3.63, 3.8) is 0 Å². The third-order valence-electron chi connectivity index (χ3n) is 6.14. The van der Waals surface area contributed by atoms with Crippen LogP contribution in [0.25, 0.3) is 5.57 Å². The number of carbonyl (C=O) groups is 2. The number of ether oxygens (including phenoxy) is 1. The van der Waals surface area contributed by atoms with Gasteiger partial charge in [-0.2, -0.15) is 0 Å². The zero-order chi connectivity index (χ0) is 25.3. The van der Waals surface area contributed by atoms with E-state index in [-0.39, 0.29) is 17.0 Å². The summed E-state index contributed by atoms with van der Waals surface area (Å²) < 4.78 is 5.60. The molecule has 1 aliphatic heterocycles. The van der Waals surface area contributed by atoms with Crippen LogP contribution in [0.2, 0.25) is 0 Å². The Labute approximate surface area is 207 Å². The number of nitrogens with one attached hydrogen (secondary N) is 1. The van der Waals surface area contributed by atoms with Gasteiger partial charge in [-0.25, -0.2) is 4.90 Å². The van der Waals surface area contributed by atoms with Gasteiger partial charge in [-0.3, -0.25) is 9.59 Å². The highest BCUT2D eigenvalue weighted by atomic mass is 16.5. The number of nitrogens with zero attached hydrogens (tertiary/aromatic N) is 1. The molecule has 3 aromatic rings. The summed E-state index contributed by atoms with van der Waals surface area (Å²) in [4.78, 5) is 28.7. The lowest BCUT2D eigenvalue weighted by molar-refractivity contribution is -0.120. The second-order valence-electron chi connectivity index (χ2n) is 9.90. The molecule has 5 heteroatoms. The number of aryl methyl sites for hydroxylation is 2. The molecule has 1 N–H and O–H groups in total. The van der Waals surface area contributed by atoms with Crippen LogP contribution < -0.4 is 15.0 Å². The van der Waals surface area contributed by atoms with Crippen LogP contribution in [-0.4, -0.2) is 18.4 Å². The normalized spacial score (nSPS) is 14.1. The lowest BCUT2D eigenvalue weighted by Crippen LogP contribution is -2.32. The second kappa shape index (κ2) is 9.41. The van der Waals surface area contributed by atoms with Gasteiger partial charge in [0.05, 0.1) is 17.9 Å². The first-order valence-corrected chi connectivity index (χ1v) is 11.9. The largest absolute Gasteiger partial charge is 0.494 e. The van der Waals surface area contributed by atoms with Crippen molar-refractivity contribution in [2.24, 2.45) is 0 Å². The molecule has 0 unspecified atom stereocenters. The predicted molar refractivity (Wildman–Crippen MR) is 142 cm³/mol.